The molecule has 0 spiro atoms. The van der Waals surface area contributed by atoms with E-state index < -0.39 is 5.60 Å². The Bertz CT molecular complexity index is 821. The number of hydrogen-bond acceptors (Lipinski definition) is 5. The van der Waals surface area contributed by atoms with Crippen molar-refractivity contribution in [1.82, 2.24) is 4.98 Å². The van der Waals surface area contributed by atoms with Gasteiger partial charge >= 0.3 is 0 Å². The van der Waals surface area contributed by atoms with Gasteiger partial charge in [0, 0.05) is 18.8 Å². The van der Waals surface area contributed by atoms with E-state index in [0.717, 1.165) is 69.1 Å². The largest absolute Gasteiger partial charge is 0.497 e. The molecule has 1 aromatic heterocycles. The second-order valence-electron chi connectivity index (χ2n) is 7.93. The van der Waals surface area contributed by atoms with Crippen LogP contribution in [0.2, 0.25) is 0 Å². The summed E-state index contributed by atoms with van der Waals surface area (Å²) in [6.45, 7) is 3.23. The summed E-state index contributed by atoms with van der Waals surface area (Å²) in [5, 5.41) is 12.1. The van der Waals surface area contributed by atoms with E-state index >= 15 is 0 Å². The predicted molar refractivity (Wildman–Crippen MR) is 106 cm³/mol. The second kappa shape index (κ2) is 6.27. The van der Waals surface area contributed by atoms with E-state index in [2.05, 4.69) is 12.0 Å². The van der Waals surface area contributed by atoms with Crippen molar-refractivity contribution in [3.8, 4) is 5.75 Å². The Morgan fingerprint density at radius 1 is 1.52 bits per heavy atom. The van der Waals surface area contributed by atoms with Crippen LogP contribution < -0.4 is 4.74 Å². The molecule has 2 aromatic rings. The summed E-state index contributed by atoms with van der Waals surface area (Å²) in [6, 6.07) is 5.96. The number of thiocarbonyl (C=S) groups is 1. The summed E-state index contributed by atoms with van der Waals surface area (Å²) < 4.78 is 7.44. The number of likely N-dealkylation sites (N-methyl/N-ethyl adjacent to an activating group) is 1. The zero-order chi connectivity index (χ0) is 17.7. The Morgan fingerprint density at radius 2 is 2.36 bits per heavy atom. The molecule has 0 amide bonds. The van der Waals surface area contributed by atoms with E-state index in [1.165, 1.54) is 6.54 Å². The summed E-state index contributed by atoms with van der Waals surface area (Å²) >= 11 is 7.29. The Labute approximate surface area is 158 Å². The maximum Gasteiger partial charge on any atom is 0.122 e. The Balaban J connectivity index is 1.38. The van der Waals surface area contributed by atoms with Crippen molar-refractivity contribution in [3.05, 3.63) is 23.2 Å². The molecule has 0 saturated carbocycles. The molecule has 6 heteroatoms. The van der Waals surface area contributed by atoms with Crippen molar-refractivity contribution in [2.24, 2.45) is 5.92 Å². The first kappa shape index (κ1) is 17.3. The van der Waals surface area contributed by atoms with Gasteiger partial charge in [0.05, 0.1) is 42.5 Å². The molecular formula is C19H25N2O2S2+. The molecule has 0 unspecified atom stereocenters. The van der Waals surface area contributed by atoms with Crippen LogP contribution in [0.5, 0.6) is 5.75 Å². The molecule has 1 aromatic carbocycles. The first-order valence-corrected chi connectivity index (χ1v) is 10.1. The van der Waals surface area contributed by atoms with Crippen LogP contribution in [0.15, 0.2) is 18.2 Å². The fourth-order valence-electron chi connectivity index (χ4n) is 4.61. The minimum atomic E-state index is -0.516. The maximum absolute atomic E-state index is 11.0. The molecule has 0 aliphatic carbocycles. The third-order valence-electron chi connectivity index (χ3n) is 5.92. The molecule has 2 fully saturated rings. The van der Waals surface area contributed by atoms with Crippen LogP contribution >= 0.6 is 23.6 Å². The molecule has 4 rings (SSSR count). The van der Waals surface area contributed by atoms with Gasteiger partial charge in [0.15, 0.2) is 0 Å². The van der Waals surface area contributed by atoms with Gasteiger partial charge < -0.3 is 14.3 Å². The van der Waals surface area contributed by atoms with Crippen LogP contribution in [0.3, 0.4) is 0 Å². The van der Waals surface area contributed by atoms with E-state index in [1.54, 1.807) is 18.4 Å². The molecule has 2 bridgehead atoms. The SMILES string of the molecule is COc1ccc2nc(CC(=S)CC[C@]3(O)C[N@+]4(C)CC[C@H]3C4)sc2c1. The Hall–Kier alpha value is -1.08. The van der Waals surface area contributed by atoms with Gasteiger partial charge in [0.2, 0.25) is 0 Å². The van der Waals surface area contributed by atoms with Crippen molar-refractivity contribution < 1.29 is 14.3 Å². The molecular weight excluding hydrogens is 352 g/mol. The first-order valence-electron chi connectivity index (χ1n) is 8.90. The summed E-state index contributed by atoms with van der Waals surface area (Å²) in [4.78, 5) is 5.68. The van der Waals surface area contributed by atoms with E-state index in [0.29, 0.717) is 5.92 Å². The molecule has 2 saturated heterocycles. The Morgan fingerprint density at radius 3 is 3.04 bits per heavy atom. The van der Waals surface area contributed by atoms with Crippen LogP contribution in [0, 0.1) is 5.92 Å². The average molecular weight is 378 g/mol. The number of aliphatic hydroxyl groups is 1. The van der Waals surface area contributed by atoms with E-state index in [1.807, 2.05) is 18.2 Å². The zero-order valence-corrected chi connectivity index (χ0v) is 16.5. The lowest BCUT2D eigenvalue weighted by Gasteiger charge is -2.34. The number of fused-ring (bicyclic) bond motifs is 3. The number of quaternary nitrogens is 1. The summed E-state index contributed by atoms with van der Waals surface area (Å²) in [5.74, 6) is 1.31. The topological polar surface area (TPSA) is 42.4 Å². The minimum Gasteiger partial charge on any atom is -0.497 e. The smallest absolute Gasteiger partial charge is 0.122 e. The minimum absolute atomic E-state index is 0.454. The van der Waals surface area contributed by atoms with E-state index in [-0.39, 0.29) is 0 Å². The molecule has 2 aliphatic rings. The van der Waals surface area contributed by atoms with Gasteiger partial charge in [0.1, 0.15) is 17.9 Å². The number of hydrogen-bond donors (Lipinski definition) is 1. The lowest BCUT2D eigenvalue weighted by atomic mass is 9.83. The fourth-order valence-corrected chi connectivity index (χ4v) is 5.97. The molecule has 1 N–H and O–H groups in total. The number of nitrogens with zero attached hydrogens (tertiary/aromatic N) is 2. The number of ether oxygens (including phenoxy) is 1. The summed E-state index contributed by atoms with van der Waals surface area (Å²) in [5.41, 5.74) is 0.485. The monoisotopic (exact) mass is 377 g/mol. The number of aromatic nitrogens is 1. The van der Waals surface area contributed by atoms with Gasteiger partial charge in [-0.3, -0.25) is 0 Å². The number of rotatable bonds is 6. The van der Waals surface area contributed by atoms with Crippen molar-refractivity contribution in [3.63, 3.8) is 0 Å². The Kier molecular flexibility index (Phi) is 4.35. The first-order chi connectivity index (χ1) is 11.9. The van der Waals surface area contributed by atoms with Gasteiger partial charge in [-0.2, -0.15) is 0 Å². The van der Waals surface area contributed by atoms with Gasteiger partial charge in [-0.25, -0.2) is 4.98 Å². The van der Waals surface area contributed by atoms with Gasteiger partial charge in [-0.05, 0) is 35.9 Å². The van der Waals surface area contributed by atoms with Crippen molar-refractivity contribution in [2.45, 2.75) is 31.3 Å². The fraction of sp³-hybridized carbons (Fsp3) is 0.579. The molecule has 134 valence electrons. The molecule has 3 atom stereocenters. The highest BCUT2D eigenvalue weighted by Crippen LogP contribution is 2.43. The van der Waals surface area contributed by atoms with E-state index in [9.17, 15) is 5.11 Å². The molecule has 0 radical (unpaired) electrons. The van der Waals surface area contributed by atoms with Crippen molar-refractivity contribution in [1.29, 1.82) is 0 Å². The van der Waals surface area contributed by atoms with Crippen LogP contribution in [0.1, 0.15) is 24.3 Å². The van der Waals surface area contributed by atoms with Gasteiger partial charge in [0.25, 0.3) is 0 Å². The molecule has 4 nitrogen and oxygen atoms in total. The van der Waals surface area contributed by atoms with Crippen molar-refractivity contribution >= 4 is 38.6 Å². The number of methoxy groups -OCH3 is 1. The van der Waals surface area contributed by atoms with Crippen LogP contribution in [0.4, 0.5) is 0 Å². The van der Waals surface area contributed by atoms with Crippen LogP contribution in [-0.4, -0.2) is 58.8 Å². The quantitative estimate of drug-likeness (QED) is 0.620. The predicted octanol–water partition coefficient (Wildman–Crippen LogP) is 3.21. The highest BCUT2D eigenvalue weighted by Gasteiger charge is 2.57. The highest BCUT2D eigenvalue weighted by molar-refractivity contribution is 7.80. The standard InChI is InChI=1S/C19H25N2O2S2/c1-21-8-6-13(11-21)19(22,12-21)7-5-15(24)10-18-20-16-4-3-14(23-2)9-17(16)25-18/h3-4,9,13,22H,5-8,10-12H2,1-2H3/q+1/t13-,19-,21+/m0/s1. The average Bonchev–Trinajstić information content (AvgIpc) is 3.21. The van der Waals surface area contributed by atoms with E-state index in [4.69, 9.17) is 17.0 Å². The van der Waals surface area contributed by atoms with Crippen LogP contribution in [0.25, 0.3) is 10.2 Å². The van der Waals surface area contributed by atoms with Crippen LogP contribution in [-0.2, 0) is 6.42 Å². The number of thiazole rings is 1. The normalized spacial score (nSPS) is 30.9. The number of benzene rings is 1. The third kappa shape index (κ3) is 3.33. The second-order valence-corrected chi connectivity index (χ2v) is 9.62. The van der Waals surface area contributed by atoms with Gasteiger partial charge in [-0.15, -0.1) is 11.3 Å². The summed E-state index contributed by atoms with van der Waals surface area (Å²) in [6.07, 6.45) is 3.48. The highest BCUT2D eigenvalue weighted by atomic mass is 32.1. The maximum atomic E-state index is 11.0. The van der Waals surface area contributed by atoms with Crippen molar-refractivity contribution in [2.75, 3.05) is 33.8 Å². The lowest BCUT2D eigenvalue weighted by Crippen LogP contribution is -2.49. The molecule has 25 heavy (non-hydrogen) atoms. The molecule has 2 aliphatic heterocycles. The lowest BCUT2D eigenvalue weighted by molar-refractivity contribution is -0.893. The zero-order valence-electron chi connectivity index (χ0n) is 14.8. The molecule has 3 heterocycles. The number of piperidine rings is 1. The third-order valence-corrected chi connectivity index (χ3v) is 7.29. The van der Waals surface area contributed by atoms with Gasteiger partial charge in [-0.1, -0.05) is 12.2 Å². The summed E-state index contributed by atoms with van der Waals surface area (Å²) in [7, 11) is 3.95.